The van der Waals surface area contributed by atoms with E-state index in [0.717, 1.165) is 0 Å². The number of nitrogens with zero attached hydrogens (tertiary/aromatic N) is 1. The number of hydrogen-bond acceptors (Lipinski definition) is 6. The van der Waals surface area contributed by atoms with Gasteiger partial charge in [-0.3, -0.25) is 4.79 Å². The molecule has 9 heteroatoms. The van der Waals surface area contributed by atoms with Crippen LogP contribution in [-0.2, 0) is 19.4 Å². The molecule has 0 bridgehead atoms. The highest BCUT2D eigenvalue weighted by Crippen LogP contribution is 2.31. The van der Waals surface area contributed by atoms with E-state index in [0.29, 0.717) is 34.5 Å². The first-order chi connectivity index (χ1) is 13.6. The molecular weight excluding hydrogens is 418 g/mol. The van der Waals surface area contributed by atoms with E-state index in [1.807, 2.05) is 13.8 Å². The number of fused-ring (bicyclic) bond motifs is 1. The van der Waals surface area contributed by atoms with Crippen molar-refractivity contribution in [1.82, 2.24) is 4.90 Å². The fourth-order valence-electron chi connectivity index (χ4n) is 3.55. The SMILES string of the molecule is Cc1c(C(=O)OCC(=O)N(CC(C)C)C2CCS(=O)(=O)C2)oc2c(Cl)cccc12. The minimum atomic E-state index is -3.14. The highest BCUT2D eigenvalue weighted by Gasteiger charge is 2.35. The lowest BCUT2D eigenvalue weighted by Gasteiger charge is -2.29. The molecule has 2 aromatic rings. The maximum atomic E-state index is 12.7. The first kappa shape index (κ1) is 21.6. The molecule has 1 aromatic heterocycles. The van der Waals surface area contributed by atoms with Crippen LogP contribution in [0.4, 0.5) is 0 Å². The molecule has 1 amide bonds. The molecule has 1 unspecified atom stereocenters. The lowest BCUT2D eigenvalue weighted by Crippen LogP contribution is -2.45. The van der Waals surface area contributed by atoms with E-state index >= 15 is 0 Å². The number of amides is 1. The summed E-state index contributed by atoms with van der Waals surface area (Å²) in [5, 5.41) is 1.08. The molecule has 0 spiro atoms. The van der Waals surface area contributed by atoms with Gasteiger partial charge in [-0.1, -0.05) is 37.6 Å². The van der Waals surface area contributed by atoms with E-state index in [2.05, 4.69) is 0 Å². The molecular formula is C20H24ClNO6S. The zero-order valence-corrected chi connectivity index (χ0v) is 18.2. The molecule has 1 aromatic carbocycles. The number of rotatable bonds is 6. The van der Waals surface area contributed by atoms with Crippen LogP contribution in [0.15, 0.2) is 22.6 Å². The number of para-hydroxylation sites is 1. The van der Waals surface area contributed by atoms with Crippen molar-refractivity contribution in [3.63, 3.8) is 0 Å². The van der Waals surface area contributed by atoms with Crippen molar-refractivity contribution in [2.24, 2.45) is 5.92 Å². The van der Waals surface area contributed by atoms with Gasteiger partial charge in [0.25, 0.3) is 5.91 Å². The lowest BCUT2D eigenvalue weighted by atomic mass is 10.1. The Balaban J connectivity index is 1.72. The molecule has 1 atom stereocenters. The summed E-state index contributed by atoms with van der Waals surface area (Å²) in [6.45, 7) is 5.52. The third-order valence-electron chi connectivity index (χ3n) is 4.96. The van der Waals surface area contributed by atoms with E-state index in [-0.39, 0.29) is 29.2 Å². The summed E-state index contributed by atoms with van der Waals surface area (Å²) >= 11 is 6.10. The summed E-state index contributed by atoms with van der Waals surface area (Å²) in [5.41, 5.74) is 0.975. The minimum Gasteiger partial charge on any atom is -0.450 e. The Labute approximate surface area is 174 Å². The van der Waals surface area contributed by atoms with Gasteiger partial charge in [0.15, 0.2) is 22.0 Å². The van der Waals surface area contributed by atoms with Gasteiger partial charge in [-0.25, -0.2) is 13.2 Å². The molecule has 2 heterocycles. The molecule has 3 rings (SSSR count). The number of ether oxygens (including phenoxy) is 1. The van der Waals surface area contributed by atoms with E-state index < -0.39 is 28.3 Å². The number of aryl methyl sites for hydroxylation is 1. The monoisotopic (exact) mass is 441 g/mol. The summed E-state index contributed by atoms with van der Waals surface area (Å²) in [4.78, 5) is 26.7. The Morgan fingerprint density at radius 1 is 1.34 bits per heavy atom. The maximum absolute atomic E-state index is 12.7. The van der Waals surface area contributed by atoms with Crippen molar-refractivity contribution in [1.29, 1.82) is 0 Å². The molecule has 0 N–H and O–H groups in total. The second kappa shape index (κ2) is 8.36. The summed E-state index contributed by atoms with van der Waals surface area (Å²) in [6.07, 6.45) is 0.399. The lowest BCUT2D eigenvalue weighted by molar-refractivity contribution is -0.137. The molecule has 0 radical (unpaired) electrons. The van der Waals surface area contributed by atoms with Crippen LogP contribution in [0, 0.1) is 12.8 Å². The van der Waals surface area contributed by atoms with Crippen molar-refractivity contribution < 1.29 is 27.2 Å². The smallest absolute Gasteiger partial charge is 0.375 e. The van der Waals surface area contributed by atoms with Gasteiger partial charge < -0.3 is 14.1 Å². The third kappa shape index (κ3) is 4.75. The number of carbonyl (C=O) groups excluding carboxylic acids is 2. The molecule has 1 saturated heterocycles. The predicted molar refractivity (Wildman–Crippen MR) is 110 cm³/mol. The van der Waals surface area contributed by atoms with E-state index in [4.69, 9.17) is 20.8 Å². The maximum Gasteiger partial charge on any atom is 0.375 e. The average molecular weight is 442 g/mol. The molecule has 29 heavy (non-hydrogen) atoms. The van der Waals surface area contributed by atoms with Gasteiger partial charge in [-0.2, -0.15) is 0 Å². The summed E-state index contributed by atoms with van der Waals surface area (Å²) in [7, 11) is -3.14. The van der Waals surface area contributed by atoms with Crippen LogP contribution in [-0.4, -0.2) is 55.9 Å². The number of halogens is 1. The number of esters is 1. The second-order valence-corrected chi connectivity index (χ2v) is 10.4. The van der Waals surface area contributed by atoms with Crippen LogP contribution in [0.5, 0.6) is 0 Å². The number of carbonyl (C=O) groups is 2. The van der Waals surface area contributed by atoms with Crippen molar-refractivity contribution in [2.45, 2.75) is 33.2 Å². The summed E-state index contributed by atoms with van der Waals surface area (Å²) in [5.74, 6) is -1.01. The van der Waals surface area contributed by atoms with Gasteiger partial charge in [0, 0.05) is 23.5 Å². The predicted octanol–water partition coefficient (Wildman–Crippen LogP) is 3.22. The number of hydrogen-bond donors (Lipinski definition) is 0. The fourth-order valence-corrected chi connectivity index (χ4v) is 5.49. The Hall–Kier alpha value is -2.06. The molecule has 1 aliphatic heterocycles. The van der Waals surface area contributed by atoms with Crippen LogP contribution in [0.25, 0.3) is 11.0 Å². The second-order valence-electron chi connectivity index (χ2n) is 7.75. The minimum absolute atomic E-state index is 0.000228. The van der Waals surface area contributed by atoms with Crippen molar-refractivity contribution in [3.05, 3.63) is 34.5 Å². The fraction of sp³-hybridized carbons (Fsp3) is 0.500. The van der Waals surface area contributed by atoms with Crippen molar-refractivity contribution in [2.75, 3.05) is 24.7 Å². The topological polar surface area (TPSA) is 93.9 Å². The van der Waals surface area contributed by atoms with Gasteiger partial charge >= 0.3 is 5.97 Å². The van der Waals surface area contributed by atoms with E-state index in [1.54, 1.807) is 25.1 Å². The highest BCUT2D eigenvalue weighted by molar-refractivity contribution is 7.91. The van der Waals surface area contributed by atoms with E-state index in [1.165, 1.54) is 4.90 Å². The first-order valence-corrected chi connectivity index (χ1v) is 11.6. The highest BCUT2D eigenvalue weighted by atomic mass is 35.5. The van der Waals surface area contributed by atoms with Gasteiger partial charge in [-0.05, 0) is 25.3 Å². The Morgan fingerprint density at radius 2 is 2.07 bits per heavy atom. The zero-order valence-electron chi connectivity index (χ0n) is 16.6. The third-order valence-corrected chi connectivity index (χ3v) is 7.01. The largest absolute Gasteiger partial charge is 0.450 e. The summed E-state index contributed by atoms with van der Waals surface area (Å²) < 4.78 is 34.4. The Kier molecular flexibility index (Phi) is 6.24. The van der Waals surface area contributed by atoms with Gasteiger partial charge in [0.05, 0.1) is 16.5 Å². The van der Waals surface area contributed by atoms with Crippen molar-refractivity contribution in [3.8, 4) is 0 Å². The van der Waals surface area contributed by atoms with E-state index in [9.17, 15) is 18.0 Å². The van der Waals surface area contributed by atoms with Crippen LogP contribution >= 0.6 is 11.6 Å². The Bertz CT molecular complexity index is 1040. The molecule has 0 saturated carbocycles. The molecule has 0 aliphatic carbocycles. The number of furan rings is 1. The summed E-state index contributed by atoms with van der Waals surface area (Å²) in [6, 6.07) is 4.81. The van der Waals surface area contributed by atoms with Gasteiger partial charge in [0.1, 0.15) is 0 Å². The zero-order chi connectivity index (χ0) is 21.3. The van der Waals surface area contributed by atoms with Gasteiger partial charge in [-0.15, -0.1) is 0 Å². The Morgan fingerprint density at radius 3 is 2.66 bits per heavy atom. The van der Waals surface area contributed by atoms with Crippen LogP contribution < -0.4 is 0 Å². The normalized spacial score (nSPS) is 18.3. The number of benzene rings is 1. The quantitative estimate of drug-likeness (QED) is 0.639. The average Bonchev–Trinajstić information content (AvgIpc) is 3.18. The molecule has 1 aliphatic rings. The van der Waals surface area contributed by atoms with Crippen molar-refractivity contribution >= 4 is 44.3 Å². The van der Waals surface area contributed by atoms with Gasteiger partial charge in [0.2, 0.25) is 5.76 Å². The molecule has 158 valence electrons. The molecule has 1 fully saturated rings. The standard InChI is InChI=1S/C20H24ClNO6S/c1-12(2)9-22(14-7-8-29(25,26)11-14)17(23)10-27-20(24)18-13(3)15-5-4-6-16(21)19(15)28-18/h4-6,12,14H,7-11H2,1-3H3. The van der Waals surface area contributed by atoms with Crippen LogP contribution in [0.2, 0.25) is 5.02 Å². The van der Waals surface area contributed by atoms with Crippen LogP contribution in [0.1, 0.15) is 36.4 Å². The number of sulfone groups is 1. The van der Waals surface area contributed by atoms with Crippen LogP contribution in [0.3, 0.4) is 0 Å². The first-order valence-electron chi connectivity index (χ1n) is 9.43. The molecule has 7 nitrogen and oxygen atoms in total.